The van der Waals surface area contributed by atoms with Crippen LogP contribution in [-0.4, -0.2) is 23.7 Å². The van der Waals surface area contributed by atoms with Gasteiger partial charge in [-0.05, 0) is 51.5 Å². The summed E-state index contributed by atoms with van der Waals surface area (Å²) in [6.45, 7) is 5.63. The summed E-state index contributed by atoms with van der Waals surface area (Å²) in [5.41, 5.74) is 1.65. The average Bonchev–Trinajstić information content (AvgIpc) is 2.75. The number of rotatable bonds is 4. The lowest BCUT2D eigenvalue weighted by atomic mass is 10.2. The van der Waals surface area contributed by atoms with Crippen LogP contribution in [0.15, 0.2) is 24.3 Å². The molecular weight excluding hydrogens is 254 g/mol. The third-order valence-electron chi connectivity index (χ3n) is 2.90. The third kappa shape index (κ3) is 3.76. The Bertz CT molecular complexity index is 608. The van der Waals surface area contributed by atoms with Gasteiger partial charge in [-0.1, -0.05) is 0 Å². The SMILES string of the molecule is COc1ccc2[nH]c(CCC(=O)OC(C)(C)C)cc2c1. The molecule has 108 valence electrons. The van der Waals surface area contributed by atoms with Gasteiger partial charge < -0.3 is 14.5 Å². The maximum atomic E-state index is 11.7. The van der Waals surface area contributed by atoms with Gasteiger partial charge in [-0.2, -0.15) is 0 Å². The van der Waals surface area contributed by atoms with Gasteiger partial charge in [-0.15, -0.1) is 0 Å². The lowest BCUT2D eigenvalue weighted by Gasteiger charge is -2.19. The summed E-state index contributed by atoms with van der Waals surface area (Å²) in [7, 11) is 1.65. The standard InChI is InChI=1S/C16H21NO3/c1-16(2,3)20-15(18)8-5-12-9-11-10-13(19-4)6-7-14(11)17-12/h6-7,9-10,17H,5,8H2,1-4H3. The van der Waals surface area contributed by atoms with Crippen LogP contribution in [0.4, 0.5) is 0 Å². The van der Waals surface area contributed by atoms with Crippen molar-refractivity contribution in [1.29, 1.82) is 0 Å². The second kappa shape index (κ2) is 5.57. The van der Waals surface area contributed by atoms with Crippen molar-refractivity contribution in [3.05, 3.63) is 30.0 Å². The van der Waals surface area contributed by atoms with Gasteiger partial charge in [0.15, 0.2) is 0 Å². The molecule has 0 saturated heterocycles. The number of methoxy groups -OCH3 is 1. The van der Waals surface area contributed by atoms with Crippen LogP contribution in [0.5, 0.6) is 5.75 Å². The zero-order valence-corrected chi connectivity index (χ0v) is 12.4. The molecule has 2 aromatic rings. The highest BCUT2D eigenvalue weighted by Gasteiger charge is 2.16. The van der Waals surface area contributed by atoms with E-state index in [4.69, 9.17) is 9.47 Å². The molecule has 4 heteroatoms. The number of aromatic amines is 1. The van der Waals surface area contributed by atoms with Gasteiger partial charge in [0.2, 0.25) is 0 Å². The fourth-order valence-electron chi connectivity index (χ4n) is 2.06. The Morgan fingerprint density at radius 3 is 2.65 bits per heavy atom. The number of benzene rings is 1. The molecule has 0 aliphatic heterocycles. The number of aryl methyl sites for hydroxylation is 1. The van der Waals surface area contributed by atoms with E-state index in [0.717, 1.165) is 22.3 Å². The van der Waals surface area contributed by atoms with Crippen LogP contribution in [-0.2, 0) is 16.0 Å². The van der Waals surface area contributed by atoms with Crippen molar-refractivity contribution >= 4 is 16.9 Å². The van der Waals surface area contributed by atoms with Crippen molar-refractivity contribution in [3.63, 3.8) is 0 Å². The molecule has 0 atom stereocenters. The minimum Gasteiger partial charge on any atom is -0.497 e. The maximum absolute atomic E-state index is 11.7. The van der Waals surface area contributed by atoms with Gasteiger partial charge in [-0.3, -0.25) is 4.79 Å². The van der Waals surface area contributed by atoms with Gasteiger partial charge in [0.05, 0.1) is 13.5 Å². The van der Waals surface area contributed by atoms with E-state index in [1.807, 2.05) is 45.0 Å². The summed E-state index contributed by atoms with van der Waals surface area (Å²) < 4.78 is 10.5. The molecule has 0 unspecified atom stereocenters. The Morgan fingerprint density at radius 1 is 1.25 bits per heavy atom. The van der Waals surface area contributed by atoms with Crippen molar-refractivity contribution in [1.82, 2.24) is 4.98 Å². The Hall–Kier alpha value is -1.97. The van der Waals surface area contributed by atoms with E-state index < -0.39 is 5.60 Å². The molecule has 1 heterocycles. The number of esters is 1. The lowest BCUT2D eigenvalue weighted by Crippen LogP contribution is -2.24. The first-order valence-corrected chi connectivity index (χ1v) is 6.75. The van der Waals surface area contributed by atoms with E-state index in [1.54, 1.807) is 7.11 Å². The summed E-state index contributed by atoms with van der Waals surface area (Å²) in [6, 6.07) is 7.91. The number of aromatic nitrogens is 1. The molecular formula is C16H21NO3. The molecule has 1 aromatic heterocycles. The highest BCUT2D eigenvalue weighted by molar-refractivity contribution is 5.82. The number of ether oxygens (including phenoxy) is 2. The van der Waals surface area contributed by atoms with E-state index >= 15 is 0 Å². The summed E-state index contributed by atoms with van der Waals surface area (Å²) >= 11 is 0. The van der Waals surface area contributed by atoms with Gasteiger partial charge >= 0.3 is 5.97 Å². The predicted octanol–water partition coefficient (Wildman–Crippen LogP) is 3.45. The molecule has 1 aromatic carbocycles. The predicted molar refractivity (Wildman–Crippen MR) is 79.0 cm³/mol. The van der Waals surface area contributed by atoms with Gasteiger partial charge in [0, 0.05) is 16.6 Å². The fourth-order valence-corrected chi connectivity index (χ4v) is 2.06. The molecule has 1 N–H and O–H groups in total. The topological polar surface area (TPSA) is 51.3 Å². The van der Waals surface area contributed by atoms with E-state index in [1.165, 1.54) is 0 Å². The number of H-pyrrole nitrogens is 1. The first-order valence-electron chi connectivity index (χ1n) is 6.75. The Kier molecular flexibility index (Phi) is 4.02. The minimum atomic E-state index is -0.426. The summed E-state index contributed by atoms with van der Waals surface area (Å²) in [5.74, 6) is 0.656. The number of carbonyl (C=O) groups excluding carboxylic acids is 1. The molecule has 0 fully saturated rings. The van der Waals surface area contributed by atoms with Crippen molar-refractivity contribution in [3.8, 4) is 5.75 Å². The maximum Gasteiger partial charge on any atom is 0.306 e. The molecule has 2 rings (SSSR count). The largest absolute Gasteiger partial charge is 0.497 e. The van der Waals surface area contributed by atoms with Crippen LogP contribution >= 0.6 is 0 Å². The summed E-state index contributed by atoms with van der Waals surface area (Å²) in [6.07, 6.45) is 1.02. The monoisotopic (exact) mass is 275 g/mol. The minimum absolute atomic E-state index is 0.172. The van der Waals surface area contributed by atoms with Crippen LogP contribution < -0.4 is 4.74 Å². The zero-order valence-electron chi connectivity index (χ0n) is 12.4. The van der Waals surface area contributed by atoms with Crippen molar-refractivity contribution < 1.29 is 14.3 Å². The lowest BCUT2D eigenvalue weighted by molar-refractivity contribution is -0.154. The molecule has 20 heavy (non-hydrogen) atoms. The Balaban J connectivity index is 2.01. The molecule has 0 spiro atoms. The molecule has 0 bridgehead atoms. The van der Waals surface area contributed by atoms with Gasteiger partial charge in [0.25, 0.3) is 0 Å². The first-order chi connectivity index (χ1) is 9.37. The van der Waals surface area contributed by atoms with E-state index in [-0.39, 0.29) is 5.97 Å². The van der Waals surface area contributed by atoms with Crippen LogP contribution in [0.3, 0.4) is 0 Å². The van der Waals surface area contributed by atoms with Crippen LogP contribution in [0, 0.1) is 0 Å². The molecule has 0 aliphatic rings. The normalized spacial score (nSPS) is 11.6. The summed E-state index contributed by atoms with van der Waals surface area (Å²) in [5, 5.41) is 1.09. The van der Waals surface area contributed by atoms with Crippen molar-refractivity contribution in [2.75, 3.05) is 7.11 Å². The molecule has 0 saturated carbocycles. The number of hydrogen-bond acceptors (Lipinski definition) is 3. The Morgan fingerprint density at radius 2 is 2.00 bits per heavy atom. The third-order valence-corrected chi connectivity index (χ3v) is 2.90. The smallest absolute Gasteiger partial charge is 0.306 e. The number of hydrogen-bond donors (Lipinski definition) is 1. The first kappa shape index (κ1) is 14.4. The van der Waals surface area contributed by atoms with E-state index in [9.17, 15) is 4.79 Å². The highest BCUT2D eigenvalue weighted by atomic mass is 16.6. The molecule has 4 nitrogen and oxygen atoms in total. The van der Waals surface area contributed by atoms with Crippen LogP contribution in [0.2, 0.25) is 0 Å². The van der Waals surface area contributed by atoms with Crippen molar-refractivity contribution in [2.24, 2.45) is 0 Å². The number of fused-ring (bicyclic) bond motifs is 1. The molecule has 0 amide bonds. The fraction of sp³-hybridized carbons (Fsp3) is 0.438. The van der Waals surface area contributed by atoms with E-state index in [2.05, 4.69) is 4.98 Å². The number of carbonyl (C=O) groups is 1. The summed E-state index contributed by atoms with van der Waals surface area (Å²) in [4.78, 5) is 15.0. The van der Waals surface area contributed by atoms with E-state index in [0.29, 0.717) is 12.8 Å². The van der Waals surface area contributed by atoms with Crippen molar-refractivity contribution in [2.45, 2.75) is 39.2 Å². The molecule has 0 radical (unpaired) electrons. The van der Waals surface area contributed by atoms with Gasteiger partial charge in [-0.25, -0.2) is 0 Å². The highest BCUT2D eigenvalue weighted by Crippen LogP contribution is 2.22. The number of nitrogens with one attached hydrogen (secondary N) is 1. The second-order valence-corrected chi connectivity index (χ2v) is 5.83. The van der Waals surface area contributed by atoms with Crippen LogP contribution in [0.1, 0.15) is 32.9 Å². The van der Waals surface area contributed by atoms with Crippen LogP contribution in [0.25, 0.3) is 10.9 Å². The average molecular weight is 275 g/mol. The van der Waals surface area contributed by atoms with Gasteiger partial charge in [0.1, 0.15) is 11.4 Å². The second-order valence-electron chi connectivity index (χ2n) is 5.83. The molecule has 0 aliphatic carbocycles. The quantitative estimate of drug-likeness (QED) is 0.869. The Labute approximate surface area is 119 Å². The zero-order chi connectivity index (χ0) is 14.8.